The van der Waals surface area contributed by atoms with Gasteiger partial charge in [0.1, 0.15) is 11.3 Å². The average Bonchev–Trinajstić information content (AvgIpc) is 2.62. The van der Waals surface area contributed by atoms with Gasteiger partial charge in [0.2, 0.25) is 5.91 Å². The molecule has 7 heteroatoms. The molecule has 0 unspecified atom stereocenters. The molecular weight excluding hydrogens is 348 g/mol. The van der Waals surface area contributed by atoms with Crippen molar-refractivity contribution in [2.24, 2.45) is 0 Å². The van der Waals surface area contributed by atoms with Crippen molar-refractivity contribution in [3.8, 4) is 5.75 Å². The zero-order valence-corrected chi connectivity index (χ0v) is 14.9. The monoisotopic (exact) mass is 366 g/mol. The molecule has 1 aromatic heterocycles. The Morgan fingerprint density at radius 2 is 1.74 bits per heavy atom. The van der Waals surface area contributed by atoms with Gasteiger partial charge in [-0.25, -0.2) is 4.79 Å². The molecule has 0 radical (unpaired) electrons. The van der Waals surface area contributed by atoms with Crippen molar-refractivity contribution < 1.29 is 18.7 Å². The van der Waals surface area contributed by atoms with E-state index in [9.17, 15) is 14.4 Å². The van der Waals surface area contributed by atoms with Gasteiger partial charge in [0, 0.05) is 35.8 Å². The second-order valence-corrected chi connectivity index (χ2v) is 5.95. The van der Waals surface area contributed by atoms with Crippen LogP contribution in [0.5, 0.6) is 5.75 Å². The van der Waals surface area contributed by atoms with Gasteiger partial charge in [-0.2, -0.15) is 0 Å². The van der Waals surface area contributed by atoms with Crippen molar-refractivity contribution in [1.82, 2.24) is 0 Å². The molecule has 3 rings (SSSR count). The molecule has 2 N–H and O–H groups in total. The highest BCUT2D eigenvalue weighted by atomic mass is 16.5. The average molecular weight is 366 g/mol. The normalized spacial score (nSPS) is 10.4. The predicted octanol–water partition coefficient (Wildman–Crippen LogP) is 3.08. The molecule has 0 saturated heterocycles. The lowest BCUT2D eigenvalue weighted by molar-refractivity contribution is -0.118. The van der Waals surface area contributed by atoms with Crippen molar-refractivity contribution in [2.45, 2.75) is 13.8 Å². The second kappa shape index (κ2) is 7.74. The topological polar surface area (TPSA) is 97.6 Å². The van der Waals surface area contributed by atoms with Crippen molar-refractivity contribution >= 4 is 34.2 Å². The molecule has 0 saturated carbocycles. The Bertz CT molecular complexity index is 1070. The zero-order chi connectivity index (χ0) is 19.4. The molecule has 0 spiro atoms. The van der Waals surface area contributed by atoms with Gasteiger partial charge in [0.15, 0.2) is 6.61 Å². The highest BCUT2D eigenvalue weighted by molar-refractivity contribution is 5.95. The maximum absolute atomic E-state index is 12.2. The van der Waals surface area contributed by atoms with Crippen molar-refractivity contribution in [2.75, 3.05) is 17.2 Å². The number of amides is 2. The van der Waals surface area contributed by atoms with Crippen LogP contribution in [0.15, 0.2) is 57.7 Å². The Morgan fingerprint density at radius 3 is 2.48 bits per heavy atom. The van der Waals surface area contributed by atoms with Crippen LogP contribution in [-0.4, -0.2) is 18.4 Å². The van der Waals surface area contributed by atoms with E-state index in [-0.39, 0.29) is 18.4 Å². The first-order valence-electron chi connectivity index (χ1n) is 8.26. The summed E-state index contributed by atoms with van der Waals surface area (Å²) in [5, 5.41) is 6.22. The van der Waals surface area contributed by atoms with Gasteiger partial charge >= 0.3 is 5.63 Å². The lowest BCUT2D eigenvalue weighted by Gasteiger charge is -2.13. The summed E-state index contributed by atoms with van der Waals surface area (Å²) in [6, 6.07) is 13.2. The Balaban J connectivity index is 1.66. The second-order valence-electron chi connectivity index (χ2n) is 5.95. The van der Waals surface area contributed by atoms with E-state index in [0.29, 0.717) is 22.7 Å². The number of nitrogens with one attached hydrogen (secondary N) is 2. The molecule has 2 amide bonds. The van der Waals surface area contributed by atoms with Gasteiger partial charge < -0.3 is 19.8 Å². The van der Waals surface area contributed by atoms with Gasteiger partial charge in [-0.3, -0.25) is 9.59 Å². The van der Waals surface area contributed by atoms with Crippen LogP contribution in [0.2, 0.25) is 0 Å². The first-order valence-corrected chi connectivity index (χ1v) is 8.26. The highest BCUT2D eigenvalue weighted by Crippen LogP contribution is 2.23. The molecule has 27 heavy (non-hydrogen) atoms. The standard InChI is InChI=1S/C20H18N2O5/c1-12-16(21-13(2)23)4-3-5-17(12)22-19(24)11-26-15-8-6-14-7-9-20(25)27-18(14)10-15/h3-10H,11H2,1-2H3,(H,21,23)(H,22,24). The zero-order valence-electron chi connectivity index (χ0n) is 14.9. The van der Waals surface area contributed by atoms with Crippen molar-refractivity contribution in [3.05, 3.63) is 64.5 Å². The van der Waals surface area contributed by atoms with E-state index in [0.717, 1.165) is 10.9 Å². The SMILES string of the molecule is CC(=O)Nc1cccc(NC(=O)COc2ccc3ccc(=O)oc3c2)c1C. The molecule has 7 nitrogen and oxygen atoms in total. The smallest absolute Gasteiger partial charge is 0.336 e. The highest BCUT2D eigenvalue weighted by Gasteiger charge is 2.10. The van der Waals surface area contributed by atoms with Gasteiger partial charge in [0.25, 0.3) is 5.91 Å². The molecular formula is C20H18N2O5. The van der Waals surface area contributed by atoms with E-state index in [1.165, 1.54) is 13.0 Å². The van der Waals surface area contributed by atoms with Crippen molar-refractivity contribution in [1.29, 1.82) is 0 Å². The summed E-state index contributed by atoms with van der Waals surface area (Å²) in [4.78, 5) is 34.7. The Labute approximate surface area is 154 Å². The number of anilines is 2. The van der Waals surface area contributed by atoms with E-state index < -0.39 is 5.63 Å². The fourth-order valence-electron chi connectivity index (χ4n) is 2.56. The summed E-state index contributed by atoms with van der Waals surface area (Å²) < 4.78 is 10.6. The number of benzene rings is 2. The van der Waals surface area contributed by atoms with Crippen LogP contribution in [0, 0.1) is 6.92 Å². The third-order valence-electron chi connectivity index (χ3n) is 3.88. The van der Waals surface area contributed by atoms with E-state index in [1.54, 1.807) is 49.4 Å². The van der Waals surface area contributed by atoms with Gasteiger partial charge in [-0.1, -0.05) is 6.07 Å². The van der Waals surface area contributed by atoms with Crippen LogP contribution in [0.25, 0.3) is 11.0 Å². The van der Waals surface area contributed by atoms with E-state index in [4.69, 9.17) is 9.15 Å². The van der Waals surface area contributed by atoms with Gasteiger partial charge in [-0.15, -0.1) is 0 Å². The first kappa shape index (κ1) is 18.2. The number of rotatable bonds is 5. The summed E-state index contributed by atoms with van der Waals surface area (Å²) in [6.07, 6.45) is 0. The molecule has 0 fully saturated rings. The summed E-state index contributed by atoms with van der Waals surface area (Å²) in [5.41, 5.74) is 1.89. The molecule has 2 aromatic carbocycles. The molecule has 1 heterocycles. The lowest BCUT2D eigenvalue weighted by atomic mass is 10.1. The molecule has 0 aliphatic heterocycles. The van der Waals surface area contributed by atoms with Gasteiger partial charge in [0.05, 0.1) is 0 Å². The third kappa shape index (κ3) is 4.52. The number of hydrogen-bond donors (Lipinski definition) is 2. The number of ether oxygens (including phenoxy) is 1. The Kier molecular flexibility index (Phi) is 5.21. The van der Waals surface area contributed by atoms with Crippen LogP contribution in [0.4, 0.5) is 11.4 Å². The van der Waals surface area contributed by atoms with Gasteiger partial charge in [-0.05, 0) is 42.8 Å². The Hall–Kier alpha value is -3.61. The molecule has 0 aliphatic rings. The fourth-order valence-corrected chi connectivity index (χ4v) is 2.56. The van der Waals surface area contributed by atoms with Crippen LogP contribution < -0.4 is 21.0 Å². The van der Waals surface area contributed by atoms with Crippen LogP contribution >= 0.6 is 0 Å². The first-order chi connectivity index (χ1) is 12.9. The molecule has 0 aliphatic carbocycles. The van der Waals surface area contributed by atoms with Crippen LogP contribution in [0.1, 0.15) is 12.5 Å². The summed E-state index contributed by atoms with van der Waals surface area (Å²) in [6.45, 7) is 3.00. The summed E-state index contributed by atoms with van der Waals surface area (Å²) in [5.74, 6) is -0.128. The third-order valence-corrected chi connectivity index (χ3v) is 3.88. The van der Waals surface area contributed by atoms with Crippen molar-refractivity contribution in [3.63, 3.8) is 0 Å². The molecule has 0 atom stereocenters. The summed E-state index contributed by atoms with van der Waals surface area (Å²) in [7, 11) is 0. The maximum Gasteiger partial charge on any atom is 0.336 e. The molecule has 0 bridgehead atoms. The quantitative estimate of drug-likeness (QED) is 0.676. The number of carbonyl (C=O) groups excluding carboxylic acids is 2. The van der Waals surface area contributed by atoms with E-state index in [2.05, 4.69) is 10.6 Å². The largest absolute Gasteiger partial charge is 0.484 e. The molecule has 3 aromatic rings. The number of carbonyl (C=O) groups is 2. The number of fused-ring (bicyclic) bond motifs is 1. The van der Waals surface area contributed by atoms with E-state index >= 15 is 0 Å². The lowest BCUT2D eigenvalue weighted by Crippen LogP contribution is -2.21. The Morgan fingerprint density at radius 1 is 1.04 bits per heavy atom. The van der Waals surface area contributed by atoms with E-state index in [1.807, 2.05) is 0 Å². The maximum atomic E-state index is 12.2. The van der Waals surface area contributed by atoms with Crippen LogP contribution in [0.3, 0.4) is 0 Å². The predicted molar refractivity (Wildman–Crippen MR) is 102 cm³/mol. The molecule has 138 valence electrons. The minimum Gasteiger partial charge on any atom is -0.484 e. The summed E-state index contributed by atoms with van der Waals surface area (Å²) >= 11 is 0. The fraction of sp³-hybridized carbons (Fsp3) is 0.150. The van der Waals surface area contributed by atoms with Crippen LogP contribution in [-0.2, 0) is 9.59 Å². The number of hydrogen-bond acceptors (Lipinski definition) is 5. The minimum absolute atomic E-state index is 0.187. The minimum atomic E-state index is -0.452.